The van der Waals surface area contributed by atoms with Crippen LogP contribution in [0.2, 0.25) is 0 Å². The first kappa shape index (κ1) is 24.6. The first-order valence-corrected chi connectivity index (χ1v) is 13.3. The molecule has 0 amide bonds. The van der Waals surface area contributed by atoms with Crippen molar-refractivity contribution >= 4 is 0 Å². The van der Waals surface area contributed by atoms with Crippen molar-refractivity contribution in [2.45, 2.75) is 84.0 Å². The van der Waals surface area contributed by atoms with Crippen molar-refractivity contribution in [3.63, 3.8) is 0 Å². The molecule has 0 radical (unpaired) electrons. The van der Waals surface area contributed by atoms with E-state index in [-0.39, 0.29) is 0 Å². The minimum Gasteiger partial charge on any atom is -0.203 e. The summed E-state index contributed by atoms with van der Waals surface area (Å²) in [4.78, 5) is 0. The van der Waals surface area contributed by atoms with Crippen molar-refractivity contribution in [1.29, 1.82) is 0 Å². The summed E-state index contributed by atoms with van der Waals surface area (Å²) in [6.07, 6.45) is 12.6. The summed E-state index contributed by atoms with van der Waals surface area (Å²) in [6, 6.07) is 19.3. The first-order chi connectivity index (χ1) is 16.6. The van der Waals surface area contributed by atoms with Crippen LogP contribution in [0.1, 0.15) is 88.7 Å². The summed E-state index contributed by atoms with van der Waals surface area (Å²) in [5.41, 5.74) is 4.64. The SMILES string of the molecule is CCCCCC1CCC(c2ccc(-c3ccc(-c4ccc(CCC)cc4)c(F)c3F)cc2)CC1. The molecule has 34 heavy (non-hydrogen) atoms. The Kier molecular flexibility index (Phi) is 8.53. The van der Waals surface area contributed by atoms with E-state index in [4.69, 9.17) is 0 Å². The monoisotopic (exact) mass is 460 g/mol. The zero-order valence-electron chi connectivity index (χ0n) is 20.8. The maximum absolute atomic E-state index is 15.1. The Morgan fingerprint density at radius 3 is 1.74 bits per heavy atom. The molecule has 1 fully saturated rings. The highest BCUT2D eigenvalue weighted by Crippen LogP contribution is 2.39. The quantitative estimate of drug-likeness (QED) is 0.279. The van der Waals surface area contributed by atoms with E-state index in [1.165, 1.54) is 62.5 Å². The molecule has 0 nitrogen and oxygen atoms in total. The fourth-order valence-electron chi connectivity index (χ4n) is 5.54. The molecule has 1 aliphatic rings. The van der Waals surface area contributed by atoms with Crippen molar-refractivity contribution in [3.8, 4) is 22.3 Å². The fraction of sp³-hybridized carbons (Fsp3) is 0.438. The lowest BCUT2D eigenvalue weighted by atomic mass is 9.77. The van der Waals surface area contributed by atoms with Crippen molar-refractivity contribution < 1.29 is 8.78 Å². The Labute approximate surface area is 204 Å². The highest BCUT2D eigenvalue weighted by atomic mass is 19.2. The number of hydrogen-bond donors (Lipinski definition) is 0. The number of halogens is 2. The van der Waals surface area contributed by atoms with Gasteiger partial charge in [0.1, 0.15) is 0 Å². The predicted molar refractivity (Wildman–Crippen MR) is 140 cm³/mol. The molecule has 3 aromatic rings. The standard InChI is InChI=1S/C32H38F2/c1-3-5-6-8-24-9-13-25(14-10-24)26-17-19-28(20-18-26)30-22-21-29(31(33)32(30)34)27-15-11-23(7-4-2)12-16-27/h11-12,15-22,24-25H,3-10,13-14H2,1-2H3. The van der Waals surface area contributed by atoms with Gasteiger partial charge in [0.05, 0.1) is 0 Å². The Balaban J connectivity index is 1.44. The number of rotatable bonds is 9. The predicted octanol–water partition coefficient (Wildman–Crippen LogP) is 10.1. The smallest absolute Gasteiger partial charge is 0.167 e. The van der Waals surface area contributed by atoms with Crippen LogP contribution in [0.15, 0.2) is 60.7 Å². The van der Waals surface area contributed by atoms with E-state index in [9.17, 15) is 0 Å². The molecule has 0 N–H and O–H groups in total. The van der Waals surface area contributed by atoms with Gasteiger partial charge in [-0.15, -0.1) is 0 Å². The molecule has 0 aliphatic heterocycles. The first-order valence-electron chi connectivity index (χ1n) is 13.3. The number of aryl methyl sites for hydroxylation is 1. The molecular weight excluding hydrogens is 422 g/mol. The lowest BCUT2D eigenvalue weighted by Gasteiger charge is -2.29. The Bertz CT molecular complexity index is 1040. The minimum atomic E-state index is -0.772. The van der Waals surface area contributed by atoms with E-state index in [0.29, 0.717) is 22.6 Å². The van der Waals surface area contributed by atoms with Crippen LogP contribution in [-0.2, 0) is 6.42 Å². The van der Waals surface area contributed by atoms with Crippen LogP contribution in [0.5, 0.6) is 0 Å². The minimum absolute atomic E-state index is 0.316. The maximum atomic E-state index is 15.1. The fourth-order valence-corrected chi connectivity index (χ4v) is 5.54. The van der Waals surface area contributed by atoms with E-state index in [1.54, 1.807) is 12.1 Å². The van der Waals surface area contributed by atoms with Crippen molar-refractivity contribution in [2.24, 2.45) is 5.92 Å². The molecule has 3 aromatic carbocycles. The molecule has 0 atom stereocenters. The van der Waals surface area contributed by atoms with Gasteiger partial charge in [-0.25, -0.2) is 8.78 Å². The Morgan fingerprint density at radius 2 is 1.21 bits per heavy atom. The van der Waals surface area contributed by atoms with Crippen LogP contribution >= 0.6 is 0 Å². The lowest BCUT2D eigenvalue weighted by molar-refractivity contribution is 0.303. The van der Waals surface area contributed by atoms with Crippen molar-refractivity contribution in [1.82, 2.24) is 0 Å². The van der Waals surface area contributed by atoms with Gasteiger partial charge in [0.15, 0.2) is 11.6 Å². The van der Waals surface area contributed by atoms with E-state index in [0.717, 1.165) is 24.3 Å². The lowest BCUT2D eigenvalue weighted by Crippen LogP contribution is -2.13. The van der Waals surface area contributed by atoms with Crippen LogP contribution in [0.25, 0.3) is 22.3 Å². The van der Waals surface area contributed by atoms with Gasteiger partial charge in [-0.2, -0.15) is 0 Å². The van der Waals surface area contributed by atoms with E-state index in [2.05, 4.69) is 26.0 Å². The van der Waals surface area contributed by atoms with Gasteiger partial charge in [0, 0.05) is 11.1 Å². The molecule has 0 spiro atoms. The number of hydrogen-bond acceptors (Lipinski definition) is 0. The van der Waals surface area contributed by atoms with E-state index < -0.39 is 11.6 Å². The topological polar surface area (TPSA) is 0 Å². The van der Waals surface area contributed by atoms with Crippen LogP contribution in [0.3, 0.4) is 0 Å². The third-order valence-corrected chi connectivity index (χ3v) is 7.64. The molecule has 1 saturated carbocycles. The largest absolute Gasteiger partial charge is 0.203 e. The van der Waals surface area contributed by atoms with E-state index in [1.807, 2.05) is 36.4 Å². The summed E-state index contributed by atoms with van der Waals surface area (Å²) in [5, 5.41) is 0. The molecular formula is C32H38F2. The van der Waals surface area contributed by atoms with Gasteiger partial charge in [0.25, 0.3) is 0 Å². The van der Waals surface area contributed by atoms with Crippen LogP contribution < -0.4 is 0 Å². The number of unbranched alkanes of at least 4 members (excludes halogenated alkanes) is 2. The van der Waals surface area contributed by atoms with Crippen LogP contribution in [-0.4, -0.2) is 0 Å². The number of benzene rings is 3. The normalized spacial score (nSPS) is 18.2. The summed E-state index contributed by atoms with van der Waals surface area (Å²) in [7, 11) is 0. The van der Waals surface area contributed by atoms with Gasteiger partial charge in [-0.05, 0) is 66.2 Å². The Morgan fingerprint density at radius 1 is 0.647 bits per heavy atom. The highest BCUT2D eigenvalue weighted by molar-refractivity contribution is 5.72. The van der Waals surface area contributed by atoms with Gasteiger partial charge in [-0.1, -0.05) is 107 Å². The van der Waals surface area contributed by atoms with Crippen LogP contribution in [0.4, 0.5) is 8.78 Å². The summed E-state index contributed by atoms with van der Waals surface area (Å²) in [6.45, 7) is 4.40. The summed E-state index contributed by atoms with van der Waals surface area (Å²) >= 11 is 0. The second-order valence-electron chi connectivity index (χ2n) is 10.1. The van der Waals surface area contributed by atoms with Gasteiger partial charge in [0.2, 0.25) is 0 Å². The van der Waals surface area contributed by atoms with Crippen molar-refractivity contribution in [3.05, 3.63) is 83.4 Å². The van der Waals surface area contributed by atoms with Gasteiger partial charge < -0.3 is 0 Å². The molecule has 0 unspecified atom stereocenters. The highest BCUT2D eigenvalue weighted by Gasteiger charge is 2.22. The molecule has 0 heterocycles. The molecule has 0 bridgehead atoms. The summed E-state index contributed by atoms with van der Waals surface area (Å²) < 4.78 is 30.1. The maximum Gasteiger partial charge on any atom is 0.167 e. The van der Waals surface area contributed by atoms with E-state index >= 15 is 8.78 Å². The van der Waals surface area contributed by atoms with Gasteiger partial charge in [-0.3, -0.25) is 0 Å². The average Bonchev–Trinajstić information content (AvgIpc) is 2.87. The third kappa shape index (κ3) is 5.77. The molecule has 2 heteroatoms. The third-order valence-electron chi connectivity index (χ3n) is 7.64. The molecule has 1 aliphatic carbocycles. The molecule has 0 aromatic heterocycles. The molecule has 4 rings (SSSR count). The molecule has 180 valence electrons. The second kappa shape index (κ2) is 11.8. The average molecular weight is 461 g/mol. The zero-order chi connectivity index (χ0) is 23.9. The molecule has 0 saturated heterocycles. The van der Waals surface area contributed by atoms with Crippen LogP contribution in [0, 0.1) is 17.6 Å². The zero-order valence-corrected chi connectivity index (χ0v) is 20.8. The Hall–Kier alpha value is -2.48. The summed E-state index contributed by atoms with van der Waals surface area (Å²) in [5.74, 6) is -0.0571. The van der Waals surface area contributed by atoms with Crippen molar-refractivity contribution in [2.75, 3.05) is 0 Å². The van der Waals surface area contributed by atoms with Gasteiger partial charge >= 0.3 is 0 Å². The second-order valence-corrected chi connectivity index (χ2v) is 10.1.